The molecule has 0 aliphatic rings. The first-order chi connectivity index (χ1) is 10.2. The second kappa shape index (κ2) is 7.63. The first-order valence-corrected chi connectivity index (χ1v) is 7.74. The lowest BCUT2D eigenvalue weighted by molar-refractivity contribution is 0.162. The number of aliphatic hydroxyl groups excluding tert-OH is 1. The molecule has 22 heavy (non-hydrogen) atoms. The number of aliphatic hydroxyl groups is 1. The molecule has 0 fully saturated rings. The zero-order chi connectivity index (χ0) is 16.9. The molecular weight excluding hydrogens is 282 g/mol. The van der Waals surface area contributed by atoms with Crippen molar-refractivity contribution in [3.05, 3.63) is 17.0 Å². The topological polar surface area (TPSA) is 78.6 Å². The number of nitrogens with one attached hydrogen (secondary N) is 1. The maximum atomic E-state index is 12.5. The molecule has 0 aliphatic carbocycles. The van der Waals surface area contributed by atoms with Crippen LogP contribution in [0.1, 0.15) is 57.2 Å². The molecule has 6 nitrogen and oxygen atoms in total. The number of amides is 2. The number of carbonyl (C=O) groups excluding carboxylic acids is 1. The van der Waals surface area contributed by atoms with Gasteiger partial charge in [-0.15, -0.1) is 0 Å². The molecule has 126 valence electrons. The fourth-order valence-electron chi connectivity index (χ4n) is 2.54. The highest BCUT2D eigenvalue weighted by atomic mass is 16.5. The molecule has 0 aromatic carbocycles. The fourth-order valence-corrected chi connectivity index (χ4v) is 2.54. The van der Waals surface area contributed by atoms with Crippen LogP contribution in [0.4, 0.5) is 4.79 Å². The summed E-state index contributed by atoms with van der Waals surface area (Å²) in [5, 5.41) is 15.9. The van der Waals surface area contributed by atoms with E-state index >= 15 is 0 Å². The van der Waals surface area contributed by atoms with Crippen LogP contribution in [0.5, 0.6) is 0 Å². The van der Waals surface area contributed by atoms with E-state index in [1.807, 2.05) is 20.8 Å². The molecule has 1 aromatic heterocycles. The maximum absolute atomic E-state index is 12.5. The van der Waals surface area contributed by atoms with Crippen molar-refractivity contribution in [1.29, 1.82) is 0 Å². The third-order valence-corrected chi connectivity index (χ3v) is 3.40. The molecule has 2 amide bonds. The first kappa shape index (κ1) is 18.5. The second-order valence-corrected chi connectivity index (χ2v) is 6.97. The van der Waals surface area contributed by atoms with E-state index in [0.717, 1.165) is 17.0 Å². The Morgan fingerprint density at radius 2 is 2.05 bits per heavy atom. The molecule has 1 aromatic rings. The SMILES string of the molecule is Cc1noc(C)c1C(C)NC(=O)N(CCCO)CC(C)(C)C. The summed E-state index contributed by atoms with van der Waals surface area (Å²) in [6.07, 6.45) is 0.573. The van der Waals surface area contributed by atoms with E-state index in [-0.39, 0.29) is 24.1 Å². The molecule has 0 aliphatic heterocycles. The molecule has 0 saturated carbocycles. The zero-order valence-electron chi connectivity index (χ0n) is 14.6. The lowest BCUT2D eigenvalue weighted by Crippen LogP contribution is -2.45. The Balaban J connectivity index is 2.77. The van der Waals surface area contributed by atoms with Crippen LogP contribution in [0.3, 0.4) is 0 Å². The summed E-state index contributed by atoms with van der Waals surface area (Å²) in [7, 11) is 0. The Bertz CT molecular complexity index is 472. The van der Waals surface area contributed by atoms with Crippen molar-refractivity contribution >= 4 is 6.03 Å². The largest absolute Gasteiger partial charge is 0.396 e. The molecule has 1 atom stereocenters. The smallest absolute Gasteiger partial charge is 0.317 e. The molecule has 2 N–H and O–H groups in total. The highest BCUT2D eigenvalue weighted by Gasteiger charge is 2.24. The summed E-state index contributed by atoms with van der Waals surface area (Å²) in [5.74, 6) is 0.725. The quantitative estimate of drug-likeness (QED) is 0.846. The van der Waals surface area contributed by atoms with E-state index in [1.165, 1.54) is 0 Å². The number of carbonyl (C=O) groups is 1. The van der Waals surface area contributed by atoms with Crippen molar-refractivity contribution in [2.24, 2.45) is 5.41 Å². The molecule has 0 radical (unpaired) electrons. The normalized spacial score (nSPS) is 13.0. The van der Waals surface area contributed by atoms with E-state index in [1.54, 1.807) is 4.90 Å². The number of aryl methyl sites for hydroxylation is 2. The van der Waals surface area contributed by atoms with Gasteiger partial charge in [0.2, 0.25) is 0 Å². The molecule has 0 spiro atoms. The minimum atomic E-state index is -0.171. The van der Waals surface area contributed by atoms with Crippen LogP contribution in [0.2, 0.25) is 0 Å². The van der Waals surface area contributed by atoms with Gasteiger partial charge in [0.05, 0.1) is 11.7 Å². The Morgan fingerprint density at radius 3 is 2.50 bits per heavy atom. The number of hydrogen-bond acceptors (Lipinski definition) is 4. The van der Waals surface area contributed by atoms with Gasteiger partial charge in [-0.3, -0.25) is 0 Å². The van der Waals surface area contributed by atoms with Crippen molar-refractivity contribution in [2.45, 2.75) is 54.0 Å². The van der Waals surface area contributed by atoms with Crippen LogP contribution >= 0.6 is 0 Å². The van der Waals surface area contributed by atoms with E-state index in [0.29, 0.717) is 19.5 Å². The summed E-state index contributed by atoms with van der Waals surface area (Å²) in [4.78, 5) is 14.3. The van der Waals surface area contributed by atoms with Crippen LogP contribution in [-0.2, 0) is 0 Å². The Labute approximate surface area is 132 Å². The third kappa shape index (κ3) is 5.33. The molecule has 0 bridgehead atoms. The van der Waals surface area contributed by atoms with E-state index in [4.69, 9.17) is 9.63 Å². The second-order valence-electron chi connectivity index (χ2n) is 6.97. The summed E-state index contributed by atoms with van der Waals surface area (Å²) in [6.45, 7) is 13.1. The van der Waals surface area contributed by atoms with Gasteiger partial charge in [0.1, 0.15) is 5.76 Å². The summed E-state index contributed by atoms with van der Waals surface area (Å²) in [5.41, 5.74) is 1.72. The predicted octanol–water partition coefficient (Wildman–Crippen LogP) is 2.79. The van der Waals surface area contributed by atoms with Gasteiger partial charge >= 0.3 is 6.03 Å². The number of aromatic nitrogens is 1. The predicted molar refractivity (Wildman–Crippen MR) is 85.7 cm³/mol. The van der Waals surface area contributed by atoms with Crippen molar-refractivity contribution in [1.82, 2.24) is 15.4 Å². The number of hydrogen-bond donors (Lipinski definition) is 2. The average Bonchev–Trinajstić information content (AvgIpc) is 2.72. The molecule has 1 rings (SSSR count). The van der Waals surface area contributed by atoms with Gasteiger partial charge in [-0.1, -0.05) is 25.9 Å². The van der Waals surface area contributed by atoms with Gasteiger partial charge in [0.25, 0.3) is 0 Å². The molecule has 0 saturated heterocycles. The fraction of sp³-hybridized carbons (Fsp3) is 0.750. The van der Waals surface area contributed by atoms with E-state index < -0.39 is 0 Å². The third-order valence-electron chi connectivity index (χ3n) is 3.40. The standard InChI is InChI=1S/C16H29N3O3/c1-11(14-12(2)18-22-13(14)3)17-15(21)19(8-7-9-20)10-16(4,5)6/h11,20H,7-10H2,1-6H3,(H,17,21). The van der Waals surface area contributed by atoms with Gasteiger partial charge in [-0.05, 0) is 32.6 Å². The number of nitrogens with zero attached hydrogens (tertiary/aromatic N) is 2. The highest BCUT2D eigenvalue weighted by Crippen LogP contribution is 2.22. The lowest BCUT2D eigenvalue weighted by atomic mass is 9.96. The molecular formula is C16H29N3O3. The minimum Gasteiger partial charge on any atom is -0.396 e. The van der Waals surface area contributed by atoms with Crippen LogP contribution in [-0.4, -0.2) is 40.9 Å². The van der Waals surface area contributed by atoms with Crippen molar-refractivity contribution in [2.75, 3.05) is 19.7 Å². The first-order valence-electron chi connectivity index (χ1n) is 7.74. The highest BCUT2D eigenvalue weighted by molar-refractivity contribution is 5.74. The van der Waals surface area contributed by atoms with E-state index in [9.17, 15) is 4.79 Å². The van der Waals surface area contributed by atoms with Gasteiger partial charge < -0.3 is 19.8 Å². The molecule has 1 unspecified atom stereocenters. The van der Waals surface area contributed by atoms with Crippen LogP contribution in [0.15, 0.2) is 4.52 Å². The van der Waals surface area contributed by atoms with E-state index in [2.05, 4.69) is 31.2 Å². The number of rotatable bonds is 6. The monoisotopic (exact) mass is 311 g/mol. The Hall–Kier alpha value is -1.56. The zero-order valence-corrected chi connectivity index (χ0v) is 14.6. The summed E-state index contributed by atoms with van der Waals surface area (Å²) in [6, 6.07) is -0.300. The van der Waals surface area contributed by atoms with Crippen molar-refractivity contribution in [3.8, 4) is 0 Å². The van der Waals surface area contributed by atoms with Gasteiger partial charge in [0.15, 0.2) is 0 Å². The Morgan fingerprint density at radius 1 is 1.41 bits per heavy atom. The lowest BCUT2D eigenvalue weighted by Gasteiger charge is -2.31. The molecule has 1 heterocycles. The maximum Gasteiger partial charge on any atom is 0.317 e. The summed E-state index contributed by atoms with van der Waals surface area (Å²) < 4.78 is 5.16. The minimum absolute atomic E-state index is 0.000930. The molecule has 6 heteroatoms. The van der Waals surface area contributed by atoms with Crippen LogP contribution < -0.4 is 5.32 Å². The summed E-state index contributed by atoms with van der Waals surface area (Å²) >= 11 is 0. The van der Waals surface area contributed by atoms with Gasteiger partial charge in [-0.2, -0.15) is 0 Å². The van der Waals surface area contributed by atoms with Crippen molar-refractivity contribution in [3.63, 3.8) is 0 Å². The van der Waals surface area contributed by atoms with Gasteiger partial charge in [0, 0.05) is 25.3 Å². The van der Waals surface area contributed by atoms with Crippen LogP contribution in [0, 0.1) is 19.3 Å². The Kier molecular flexibility index (Phi) is 6.41. The number of urea groups is 1. The van der Waals surface area contributed by atoms with Gasteiger partial charge in [-0.25, -0.2) is 4.79 Å². The van der Waals surface area contributed by atoms with Crippen LogP contribution in [0.25, 0.3) is 0 Å². The van der Waals surface area contributed by atoms with Crippen molar-refractivity contribution < 1.29 is 14.4 Å². The average molecular weight is 311 g/mol.